The van der Waals surface area contributed by atoms with Crippen LogP contribution >= 0.6 is 11.8 Å². The predicted molar refractivity (Wildman–Crippen MR) is 81.6 cm³/mol. The molecule has 0 aromatic heterocycles. The third kappa shape index (κ3) is 11.1. The summed E-state index contributed by atoms with van der Waals surface area (Å²) in [5.74, 6) is 1.46. The molecule has 0 rings (SSSR count). The Balaban J connectivity index is 3.72. The summed E-state index contributed by atoms with van der Waals surface area (Å²) in [6.45, 7) is 8.67. The van der Waals surface area contributed by atoms with Crippen LogP contribution in [0.3, 0.4) is 0 Å². The highest BCUT2D eigenvalue weighted by atomic mass is 32.2. The van der Waals surface area contributed by atoms with Gasteiger partial charge in [-0.3, -0.25) is 9.59 Å². The fourth-order valence-corrected chi connectivity index (χ4v) is 2.68. The highest BCUT2D eigenvalue weighted by molar-refractivity contribution is 7.99. The third-order valence-corrected chi connectivity index (χ3v) is 3.61. The topological polar surface area (TPSA) is 78.6 Å². The van der Waals surface area contributed by atoms with Crippen molar-refractivity contribution in [2.75, 3.05) is 18.1 Å². The first-order chi connectivity index (χ1) is 9.26. The molecule has 0 aliphatic rings. The molecule has 6 heteroatoms. The van der Waals surface area contributed by atoms with Crippen LogP contribution in [-0.4, -0.2) is 42.7 Å². The van der Waals surface area contributed by atoms with Crippen molar-refractivity contribution in [2.45, 2.75) is 52.7 Å². The summed E-state index contributed by atoms with van der Waals surface area (Å²) in [5, 5.41) is 0. The lowest BCUT2D eigenvalue weighted by atomic mass is 9.94. The van der Waals surface area contributed by atoms with Crippen molar-refractivity contribution in [3.63, 3.8) is 0 Å². The van der Waals surface area contributed by atoms with Gasteiger partial charge in [-0.1, -0.05) is 20.8 Å². The molecule has 2 unspecified atom stereocenters. The second kappa shape index (κ2) is 10.0. The van der Waals surface area contributed by atoms with Gasteiger partial charge in [0.1, 0.15) is 18.8 Å². The summed E-state index contributed by atoms with van der Waals surface area (Å²) in [4.78, 5) is 21.7. The quantitative estimate of drug-likeness (QED) is 0.378. The van der Waals surface area contributed by atoms with E-state index in [0.29, 0.717) is 18.3 Å². The van der Waals surface area contributed by atoms with Crippen molar-refractivity contribution in [1.29, 1.82) is 0 Å². The van der Waals surface area contributed by atoms with Gasteiger partial charge in [0.2, 0.25) is 0 Å². The minimum atomic E-state index is -0.615. The number of esters is 1. The first kappa shape index (κ1) is 19.2. The van der Waals surface area contributed by atoms with Gasteiger partial charge in [-0.25, -0.2) is 0 Å². The number of carbonyl (C=O) groups excluding carboxylic acids is 2. The van der Waals surface area contributed by atoms with E-state index in [0.717, 1.165) is 17.9 Å². The number of ether oxygens (including phenoxy) is 2. The Labute approximate surface area is 125 Å². The molecule has 0 saturated heterocycles. The number of rotatable bonds is 10. The molecule has 0 aliphatic heterocycles. The van der Waals surface area contributed by atoms with Crippen molar-refractivity contribution in [3.8, 4) is 0 Å². The van der Waals surface area contributed by atoms with E-state index in [2.05, 4.69) is 25.5 Å². The first-order valence-electron chi connectivity index (χ1n) is 6.85. The molecular weight excluding hydrogens is 278 g/mol. The molecule has 0 aromatic rings. The molecule has 20 heavy (non-hydrogen) atoms. The summed E-state index contributed by atoms with van der Waals surface area (Å²) in [7, 11) is 0. The number of thioether (sulfide) groups is 1. The Morgan fingerprint density at radius 2 is 2.00 bits per heavy atom. The van der Waals surface area contributed by atoms with Crippen molar-refractivity contribution in [2.24, 2.45) is 11.1 Å². The Bertz CT molecular complexity index is 291. The van der Waals surface area contributed by atoms with Crippen LogP contribution in [0.4, 0.5) is 0 Å². The Morgan fingerprint density at radius 1 is 1.35 bits per heavy atom. The maximum absolute atomic E-state index is 11.6. The molecule has 0 amide bonds. The molecule has 2 atom stereocenters. The van der Waals surface area contributed by atoms with Gasteiger partial charge in [-0.2, -0.15) is 11.8 Å². The predicted octanol–water partition coefficient (Wildman–Crippen LogP) is 1.98. The van der Waals surface area contributed by atoms with Crippen molar-refractivity contribution in [1.82, 2.24) is 0 Å². The van der Waals surface area contributed by atoms with E-state index >= 15 is 0 Å². The fourth-order valence-electron chi connectivity index (χ4n) is 1.30. The maximum Gasteiger partial charge on any atom is 0.323 e. The number of hydrogen-bond donors (Lipinski definition) is 1. The van der Waals surface area contributed by atoms with Gasteiger partial charge in [-0.15, -0.1) is 0 Å². The summed E-state index contributed by atoms with van der Waals surface area (Å²) in [6, 6.07) is -0.615. The van der Waals surface area contributed by atoms with Gasteiger partial charge in [0.25, 0.3) is 6.47 Å². The summed E-state index contributed by atoms with van der Waals surface area (Å²) >= 11 is 1.80. The largest absolute Gasteiger partial charge is 0.464 e. The van der Waals surface area contributed by atoms with Crippen LogP contribution in [-0.2, 0) is 19.1 Å². The Hall–Kier alpha value is -0.750. The van der Waals surface area contributed by atoms with E-state index in [1.807, 2.05) is 0 Å². The minimum absolute atomic E-state index is 0.0578. The highest BCUT2D eigenvalue weighted by Crippen LogP contribution is 2.21. The van der Waals surface area contributed by atoms with E-state index in [1.54, 1.807) is 18.7 Å². The second-order valence-corrected chi connectivity index (χ2v) is 7.22. The maximum atomic E-state index is 11.6. The monoisotopic (exact) mass is 305 g/mol. The molecule has 0 aliphatic carbocycles. The van der Waals surface area contributed by atoms with Gasteiger partial charge in [0, 0.05) is 0 Å². The Kier molecular flexibility index (Phi) is 9.67. The zero-order valence-corrected chi connectivity index (χ0v) is 13.7. The molecular formula is C14H27NO4S. The molecule has 5 nitrogen and oxygen atoms in total. The number of carbonyl (C=O) groups is 2. The van der Waals surface area contributed by atoms with Gasteiger partial charge < -0.3 is 15.2 Å². The van der Waals surface area contributed by atoms with E-state index in [-0.39, 0.29) is 6.61 Å². The average molecular weight is 305 g/mol. The molecule has 0 heterocycles. The lowest BCUT2D eigenvalue weighted by Crippen LogP contribution is -2.35. The van der Waals surface area contributed by atoms with Crippen molar-refractivity contribution in [3.05, 3.63) is 0 Å². The Morgan fingerprint density at radius 3 is 2.55 bits per heavy atom. The first-order valence-corrected chi connectivity index (χ1v) is 8.01. The standard InChI is InChI=1S/C14H27NO4S/c1-11(9-18-10-16)19-13(17)12(15)5-7-20-8-6-14(2,3)4/h10-12H,5-9,15H2,1-4H3. The zero-order valence-electron chi connectivity index (χ0n) is 12.9. The van der Waals surface area contributed by atoms with E-state index in [9.17, 15) is 9.59 Å². The summed E-state index contributed by atoms with van der Waals surface area (Å²) in [5.41, 5.74) is 6.10. The normalized spacial score (nSPS) is 14.4. The smallest absolute Gasteiger partial charge is 0.323 e. The fraction of sp³-hybridized carbons (Fsp3) is 0.857. The van der Waals surface area contributed by atoms with Gasteiger partial charge in [-0.05, 0) is 36.7 Å². The molecule has 118 valence electrons. The van der Waals surface area contributed by atoms with Crippen LogP contribution in [0.2, 0.25) is 0 Å². The van der Waals surface area contributed by atoms with E-state index < -0.39 is 18.1 Å². The van der Waals surface area contributed by atoms with Gasteiger partial charge in [0.05, 0.1) is 0 Å². The van der Waals surface area contributed by atoms with Crippen LogP contribution in [0.5, 0.6) is 0 Å². The minimum Gasteiger partial charge on any atom is -0.464 e. The molecule has 0 fully saturated rings. The van der Waals surface area contributed by atoms with Crippen LogP contribution in [0, 0.1) is 5.41 Å². The molecule has 0 radical (unpaired) electrons. The SMILES string of the molecule is CC(COC=O)OC(=O)C(N)CCSCCC(C)(C)C. The van der Waals surface area contributed by atoms with Crippen LogP contribution in [0.15, 0.2) is 0 Å². The second-order valence-electron chi connectivity index (χ2n) is 6.00. The molecule has 0 saturated carbocycles. The van der Waals surface area contributed by atoms with Crippen LogP contribution < -0.4 is 5.73 Å². The van der Waals surface area contributed by atoms with Gasteiger partial charge >= 0.3 is 5.97 Å². The molecule has 2 N–H and O–H groups in total. The lowest BCUT2D eigenvalue weighted by Gasteiger charge is -2.18. The van der Waals surface area contributed by atoms with Crippen molar-refractivity contribution < 1.29 is 19.1 Å². The highest BCUT2D eigenvalue weighted by Gasteiger charge is 2.18. The third-order valence-electron chi connectivity index (χ3n) is 2.59. The van der Waals surface area contributed by atoms with Crippen LogP contribution in [0.25, 0.3) is 0 Å². The zero-order chi connectivity index (χ0) is 15.6. The average Bonchev–Trinajstić information content (AvgIpc) is 2.34. The van der Waals surface area contributed by atoms with E-state index in [1.165, 1.54) is 0 Å². The summed E-state index contributed by atoms with van der Waals surface area (Å²) < 4.78 is 9.59. The molecule has 0 bridgehead atoms. The number of nitrogens with two attached hydrogens (primary N) is 1. The lowest BCUT2D eigenvalue weighted by molar-refractivity contribution is -0.154. The number of hydrogen-bond acceptors (Lipinski definition) is 6. The molecule has 0 aromatic carbocycles. The van der Waals surface area contributed by atoms with Gasteiger partial charge in [0.15, 0.2) is 0 Å². The van der Waals surface area contributed by atoms with Crippen molar-refractivity contribution >= 4 is 24.2 Å². The van der Waals surface area contributed by atoms with E-state index in [4.69, 9.17) is 10.5 Å². The molecule has 0 spiro atoms. The van der Waals surface area contributed by atoms with Crippen LogP contribution in [0.1, 0.15) is 40.5 Å². The summed E-state index contributed by atoms with van der Waals surface area (Å²) in [6.07, 6.45) is 1.26.